The second kappa shape index (κ2) is 3.66. The Kier molecular flexibility index (Phi) is 2.45. The van der Waals surface area contributed by atoms with Gasteiger partial charge in [0.2, 0.25) is 0 Å². The van der Waals surface area contributed by atoms with Crippen LogP contribution in [-0.2, 0) is 0 Å². The van der Waals surface area contributed by atoms with Crippen molar-refractivity contribution >= 4 is 6.03 Å². The van der Waals surface area contributed by atoms with E-state index in [2.05, 4.69) is 5.10 Å². The first kappa shape index (κ1) is 10.7. The molecule has 2 rings (SSSR count). The largest absolute Gasteiger partial charge is 0.461 e. The first-order valence-corrected chi connectivity index (χ1v) is 5.18. The summed E-state index contributed by atoms with van der Waals surface area (Å²) in [4.78, 5) is 22.7. The predicted octanol–water partition coefficient (Wildman–Crippen LogP) is 0.0937. The highest BCUT2D eigenvalue weighted by molar-refractivity contribution is 5.73. The average Bonchev–Trinajstić information content (AvgIpc) is 2.92. The van der Waals surface area contributed by atoms with Crippen LogP contribution in [0, 0.1) is 0 Å². The molecule has 7 heteroatoms. The highest BCUT2D eigenvalue weighted by atomic mass is 16.5. The van der Waals surface area contributed by atoms with Crippen LogP contribution in [0.2, 0.25) is 0 Å². The minimum Gasteiger partial charge on any atom is -0.461 e. The minimum absolute atomic E-state index is 0.0920. The lowest BCUT2D eigenvalue weighted by atomic mass is 10.5. The molecule has 0 radical (unpaired) electrons. The van der Waals surface area contributed by atoms with E-state index in [9.17, 15) is 9.59 Å². The van der Waals surface area contributed by atoms with E-state index in [1.54, 1.807) is 0 Å². The number of carbonyl (C=O) groups excluding carboxylic acids is 1. The molecule has 1 aliphatic carbocycles. The molecule has 1 amide bonds. The minimum atomic E-state index is -0.891. The number of nitrogens with two attached hydrogens (primary N) is 1. The lowest BCUT2D eigenvalue weighted by molar-refractivity contribution is 0.209. The monoisotopic (exact) mass is 226 g/mol. The Balaban J connectivity index is 2.45. The van der Waals surface area contributed by atoms with Crippen molar-refractivity contribution in [1.82, 2.24) is 14.3 Å². The second-order valence-corrected chi connectivity index (χ2v) is 4.08. The highest BCUT2D eigenvalue weighted by Gasteiger charge is 2.32. The van der Waals surface area contributed by atoms with Crippen LogP contribution in [0.3, 0.4) is 0 Å². The summed E-state index contributed by atoms with van der Waals surface area (Å²) in [6.07, 6.45) is 1.69. The molecule has 1 aliphatic rings. The zero-order chi connectivity index (χ0) is 11.9. The predicted molar refractivity (Wildman–Crippen MR) is 55.5 cm³/mol. The molecule has 0 aliphatic heterocycles. The number of amides is 1. The lowest BCUT2D eigenvalue weighted by Gasteiger charge is -2.08. The number of nitrogens with zero attached hydrogens (tertiary/aromatic N) is 3. The fraction of sp³-hybridized carbons (Fsp3) is 0.667. The molecule has 7 nitrogen and oxygen atoms in total. The van der Waals surface area contributed by atoms with E-state index in [1.807, 2.05) is 13.8 Å². The molecule has 0 aromatic carbocycles. The maximum Gasteiger partial charge on any atom is 0.357 e. The number of ether oxygens (including phenoxy) is 1. The van der Waals surface area contributed by atoms with Crippen LogP contribution in [0.5, 0.6) is 6.01 Å². The molecule has 16 heavy (non-hydrogen) atoms. The van der Waals surface area contributed by atoms with Crippen molar-refractivity contribution in [1.29, 1.82) is 0 Å². The highest BCUT2D eigenvalue weighted by Crippen LogP contribution is 2.36. The van der Waals surface area contributed by atoms with Gasteiger partial charge in [-0.2, -0.15) is 0 Å². The third-order valence-electron chi connectivity index (χ3n) is 2.24. The van der Waals surface area contributed by atoms with Gasteiger partial charge in [0.15, 0.2) is 0 Å². The standard InChI is InChI=1S/C9H14N4O3/c1-5(2)16-8-11-13(7(10)14)9(15)12(8)6-3-4-6/h5-6H,3-4H2,1-2H3,(H2,10,14). The van der Waals surface area contributed by atoms with E-state index in [1.165, 1.54) is 4.57 Å². The van der Waals surface area contributed by atoms with E-state index < -0.39 is 11.7 Å². The first-order chi connectivity index (χ1) is 7.50. The van der Waals surface area contributed by atoms with Gasteiger partial charge in [-0.1, -0.05) is 0 Å². The zero-order valence-corrected chi connectivity index (χ0v) is 9.21. The molecule has 0 atom stereocenters. The Morgan fingerprint density at radius 1 is 1.56 bits per heavy atom. The molecule has 0 saturated heterocycles. The summed E-state index contributed by atoms with van der Waals surface area (Å²) in [7, 11) is 0. The van der Waals surface area contributed by atoms with Gasteiger partial charge >= 0.3 is 17.7 Å². The molecule has 1 aromatic heterocycles. The maximum atomic E-state index is 11.8. The summed E-state index contributed by atoms with van der Waals surface area (Å²) >= 11 is 0. The molecule has 1 heterocycles. The number of carbonyl (C=O) groups is 1. The molecule has 0 unspecified atom stereocenters. The van der Waals surface area contributed by atoms with Crippen molar-refractivity contribution in [2.45, 2.75) is 38.8 Å². The van der Waals surface area contributed by atoms with Crippen LogP contribution in [0.4, 0.5) is 4.79 Å². The summed E-state index contributed by atoms with van der Waals surface area (Å²) in [5.74, 6) is 0. The second-order valence-electron chi connectivity index (χ2n) is 4.08. The van der Waals surface area contributed by atoms with E-state index in [0.717, 1.165) is 12.8 Å². The fourth-order valence-electron chi connectivity index (χ4n) is 1.44. The summed E-state index contributed by atoms with van der Waals surface area (Å²) in [5, 5.41) is 3.78. The van der Waals surface area contributed by atoms with Gasteiger partial charge in [-0.15, -0.1) is 9.78 Å². The van der Waals surface area contributed by atoms with Gasteiger partial charge in [0.25, 0.3) is 0 Å². The van der Waals surface area contributed by atoms with E-state index in [0.29, 0.717) is 4.68 Å². The third kappa shape index (κ3) is 1.80. The van der Waals surface area contributed by atoms with Gasteiger partial charge in [0.1, 0.15) is 0 Å². The lowest BCUT2D eigenvalue weighted by Crippen LogP contribution is -2.33. The van der Waals surface area contributed by atoms with Gasteiger partial charge in [-0.05, 0) is 26.7 Å². The quantitative estimate of drug-likeness (QED) is 0.790. The SMILES string of the molecule is CC(C)Oc1nn(C(N)=O)c(=O)n1C1CC1. The van der Waals surface area contributed by atoms with Gasteiger partial charge in [-0.3, -0.25) is 0 Å². The Bertz CT molecular complexity index is 470. The van der Waals surface area contributed by atoms with Crippen LogP contribution in [-0.4, -0.2) is 26.5 Å². The molecular weight excluding hydrogens is 212 g/mol. The molecule has 1 saturated carbocycles. The third-order valence-corrected chi connectivity index (χ3v) is 2.24. The number of rotatable bonds is 3. The smallest absolute Gasteiger partial charge is 0.357 e. The van der Waals surface area contributed by atoms with Crippen LogP contribution >= 0.6 is 0 Å². The molecule has 0 spiro atoms. The van der Waals surface area contributed by atoms with Crippen molar-refractivity contribution in [3.63, 3.8) is 0 Å². The Hall–Kier alpha value is -1.79. The van der Waals surface area contributed by atoms with Crippen molar-refractivity contribution < 1.29 is 9.53 Å². The number of primary amides is 1. The van der Waals surface area contributed by atoms with Crippen molar-refractivity contribution in [2.75, 3.05) is 0 Å². The topological polar surface area (TPSA) is 92.1 Å². The maximum absolute atomic E-state index is 11.8. The number of hydrogen-bond acceptors (Lipinski definition) is 4. The van der Waals surface area contributed by atoms with Gasteiger partial charge in [0, 0.05) is 6.04 Å². The van der Waals surface area contributed by atoms with Crippen LogP contribution < -0.4 is 16.2 Å². The Labute approximate surface area is 91.8 Å². The Morgan fingerprint density at radius 3 is 2.62 bits per heavy atom. The van der Waals surface area contributed by atoms with E-state index >= 15 is 0 Å². The summed E-state index contributed by atoms with van der Waals surface area (Å²) < 4.78 is 7.41. The molecular formula is C9H14N4O3. The van der Waals surface area contributed by atoms with Crippen LogP contribution in [0.1, 0.15) is 32.7 Å². The number of hydrogen-bond donors (Lipinski definition) is 1. The average molecular weight is 226 g/mol. The van der Waals surface area contributed by atoms with Gasteiger partial charge in [0.05, 0.1) is 6.10 Å². The van der Waals surface area contributed by atoms with Crippen molar-refractivity contribution in [3.05, 3.63) is 10.5 Å². The van der Waals surface area contributed by atoms with Crippen LogP contribution in [0.15, 0.2) is 4.79 Å². The molecule has 88 valence electrons. The van der Waals surface area contributed by atoms with E-state index in [4.69, 9.17) is 10.5 Å². The molecule has 1 aromatic rings. The van der Waals surface area contributed by atoms with Crippen molar-refractivity contribution in [2.24, 2.45) is 5.73 Å². The van der Waals surface area contributed by atoms with Crippen LogP contribution in [0.25, 0.3) is 0 Å². The summed E-state index contributed by atoms with van der Waals surface area (Å²) in [6.45, 7) is 3.65. The van der Waals surface area contributed by atoms with E-state index in [-0.39, 0.29) is 18.2 Å². The number of aromatic nitrogens is 3. The van der Waals surface area contributed by atoms with Gasteiger partial charge < -0.3 is 10.5 Å². The van der Waals surface area contributed by atoms with Gasteiger partial charge in [-0.25, -0.2) is 14.2 Å². The summed E-state index contributed by atoms with van der Waals surface area (Å²) in [6, 6.07) is -0.631. The molecule has 2 N–H and O–H groups in total. The van der Waals surface area contributed by atoms with Crippen molar-refractivity contribution in [3.8, 4) is 6.01 Å². The zero-order valence-electron chi connectivity index (χ0n) is 9.21. The molecule has 0 bridgehead atoms. The Morgan fingerprint density at radius 2 is 2.19 bits per heavy atom. The normalized spacial score (nSPS) is 15.4. The fourth-order valence-corrected chi connectivity index (χ4v) is 1.44. The summed E-state index contributed by atoms with van der Waals surface area (Å²) in [5.41, 5.74) is 4.52. The first-order valence-electron chi connectivity index (χ1n) is 5.18. The molecule has 1 fully saturated rings.